The highest BCUT2D eigenvalue weighted by Crippen LogP contribution is 2.33. The molecule has 0 bridgehead atoms. The first-order valence-corrected chi connectivity index (χ1v) is 12.4. The zero-order valence-electron chi connectivity index (χ0n) is 19.8. The molecule has 0 aromatic heterocycles. The molecule has 7 nitrogen and oxygen atoms in total. The SMILES string of the molecule is CN(CC(=O)Nc1ccc(N2CCOCC2)cc1)CC(=O)Nc1ccccc1Sc1ccccc1. The molecule has 35 heavy (non-hydrogen) atoms. The molecule has 0 saturated carbocycles. The van der Waals surface area contributed by atoms with Gasteiger partial charge in [-0.05, 0) is 55.6 Å². The molecule has 2 N–H and O–H groups in total. The van der Waals surface area contributed by atoms with Crippen molar-refractivity contribution in [1.82, 2.24) is 4.90 Å². The van der Waals surface area contributed by atoms with E-state index >= 15 is 0 Å². The van der Waals surface area contributed by atoms with E-state index in [1.165, 1.54) is 0 Å². The minimum atomic E-state index is -0.170. The van der Waals surface area contributed by atoms with Crippen LogP contribution in [-0.2, 0) is 14.3 Å². The van der Waals surface area contributed by atoms with Gasteiger partial charge >= 0.3 is 0 Å². The van der Waals surface area contributed by atoms with Crippen molar-refractivity contribution in [3.8, 4) is 0 Å². The Bertz CT molecular complexity index is 1120. The van der Waals surface area contributed by atoms with Crippen LogP contribution >= 0.6 is 11.8 Å². The third kappa shape index (κ3) is 7.58. The van der Waals surface area contributed by atoms with Crippen LogP contribution in [0.3, 0.4) is 0 Å². The van der Waals surface area contributed by atoms with Gasteiger partial charge in [-0.25, -0.2) is 0 Å². The molecular weight excluding hydrogens is 460 g/mol. The number of para-hydroxylation sites is 1. The van der Waals surface area contributed by atoms with E-state index in [0.717, 1.165) is 53.2 Å². The Hall–Kier alpha value is -3.33. The molecule has 1 saturated heterocycles. The lowest BCUT2D eigenvalue weighted by atomic mass is 10.2. The van der Waals surface area contributed by atoms with Crippen LogP contribution in [0.15, 0.2) is 88.7 Å². The molecule has 8 heteroatoms. The van der Waals surface area contributed by atoms with Crippen LogP contribution in [0.2, 0.25) is 0 Å². The summed E-state index contributed by atoms with van der Waals surface area (Å²) >= 11 is 1.60. The van der Waals surface area contributed by atoms with Crippen molar-refractivity contribution < 1.29 is 14.3 Å². The summed E-state index contributed by atoms with van der Waals surface area (Å²) in [7, 11) is 1.76. The zero-order chi connectivity index (χ0) is 24.5. The highest BCUT2D eigenvalue weighted by Gasteiger charge is 2.14. The number of morpholine rings is 1. The van der Waals surface area contributed by atoms with E-state index in [4.69, 9.17) is 4.74 Å². The van der Waals surface area contributed by atoms with Gasteiger partial charge in [0.05, 0.1) is 32.0 Å². The molecule has 0 spiro atoms. The molecule has 1 fully saturated rings. The van der Waals surface area contributed by atoms with Crippen molar-refractivity contribution in [1.29, 1.82) is 0 Å². The quantitative estimate of drug-likeness (QED) is 0.469. The lowest BCUT2D eigenvalue weighted by molar-refractivity contribution is -0.119. The smallest absolute Gasteiger partial charge is 0.238 e. The van der Waals surface area contributed by atoms with Crippen LogP contribution in [0.1, 0.15) is 0 Å². The summed E-state index contributed by atoms with van der Waals surface area (Å²) in [5, 5.41) is 5.88. The Kier molecular flexibility index (Phi) is 8.78. The number of anilines is 3. The van der Waals surface area contributed by atoms with E-state index in [-0.39, 0.29) is 24.9 Å². The second-order valence-corrected chi connectivity index (χ2v) is 9.44. The summed E-state index contributed by atoms with van der Waals surface area (Å²) in [4.78, 5) is 31.2. The third-order valence-corrected chi connectivity index (χ3v) is 6.57. The standard InChI is InChI=1S/C27H30N4O3S/c1-30(19-26(32)28-21-11-13-22(14-12-21)31-15-17-34-18-16-31)20-27(33)29-24-9-5-6-10-25(24)35-23-7-3-2-4-8-23/h2-14H,15-20H2,1H3,(H,28,32)(H,29,33). The molecule has 1 aliphatic rings. The van der Waals surface area contributed by atoms with Gasteiger partial charge in [0.2, 0.25) is 11.8 Å². The Morgan fingerprint density at radius 1 is 0.857 bits per heavy atom. The lowest BCUT2D eigenvalue weighted by Crippen LogP contribution is -2.36. The fourth-order valence-electron chi connectivity index (χ4n) is 3.79. The van der Waals surface area contributed by atoms with Gasteiger partial charge in [-0.15, -0.1) is 0 Å². The van der Waals surface area contributed by atoms with Crippen molar-refractivity contribution in [2.24, 2.45) is 0 Å². The maximum atomic E-state index is 12.6. The normalized spacial score (nSPS) is 13.5. The zero-order valence-corrected chi connectivity index (χ0v) is 20.6. The lowest BCUT2D eigenvalue weighted by Gasteiger charge is -2.28. The van der Waals surface area contributed by atoms with Crippen molar-refractivity contribution >= 4 is 40.6 Å². The van der Waals surface area contributed by atoms with Gasteiger partial charge in [-0.3, -0.25) is 14.5 Å². The van der Waals surface area contributed by atoms with E-state index in [2.05, 4.69) is 15.5 Å². The number of benzene rings is 3. The molecule has 182 valence electrons. The van der Waals surface area contributed by atoms with Crippen molar-refractivity contribution in [2.45, 2.75) is 9.79 Å². The summed E-state index contributed by atoms with van der Waals surface area (Å²) in [6.45, 7) is 3.42. The van der Waals surface area contributed by atoms with Gasteiger partial charge in [-0.2, -0.15) is 0 Å². The van der Waals surface area contributed by atoms with Gasteiger partial charge in [0, 0.05) is 34.3 Å². The van der Waals surface area contributed by atoms with Crippen LogP contribution in [-0.4, -0.2) is 63.2 Å². The topological polar surface area (TPSA) is 73.9 Å². The second-order valence-electron chi connectivity index (χ2n) is 8.33. The molecule has 0 radical (unpaired) electrons. The molecule has 0 unspecified atom stereocenters. The molecule has 2 amide bonds. The molecule has 0 aliphatic carbocycles. The Labute approximate surface area is 210 Å². The van der Waals surface area contributed by atoms with Crippen LogP contribution in [0.25, 0.3) is 0 Å². The fraction of sp³-hybridized carbons (Fsp3) is 0.259. The number of carbonyl (C=O) groups is 2. The Balaban J connectivity index is 1.25. The monoisotopic (exact) mass is 490 g/mol. The van der Waals surface area contributed by atoms with Gasteiger partial charge < -0.3 is 20.3 Å². The first-order valence-electron chi connectivity index (χ1n) is 11.6. The highest BCUT2D eigenvalue weighted by atomic mass is 32.2. The fourth-order valence-corrected chi connectivity index (χ4v) is 4.71. The third-order valence-electron chi connectivity index (χ3n) is 5.49. The molecule has 3 aromatic carbocycles. The largest absolute Gasteiger partial charge is 0.378 e. The minimum absolute atomic E-state index is 0.105. The number of nitrogens with one attached hydrogen (secondary N) is 2. The van der Waals surface area contributed by atoms with Crippen molar-refractivity contribution in [3.05, 3.63) is 78.9 Å². The van der Waals surface area contributed by atoms with Gasteiger partial charge in [-0.1, -0.05) is 42.1 Å². The Morgan fingerprint density at radius 3 is 2.20 bits per heavy atom. The number of ether oxygens (including phenoxy) is 1. The average molecular weight is 491 g/mol. The summed E-state index contributed by atoms with van der Waals surface area (Å²) in [6.07, 6.45) is 0. The van der Waals surface area contributed by atoms with Crippen LogP contribution in [0.5, 0.6) is 0 Å². The number of rotatable bonds is 9. The van der Waals surface area contributed by atoms with Gasteiger partial charge in [0.15, 0.2) is 0 Å². The summed E-state index contributed by atoms with van der Waals surface area (Å²) < 4.78 is 5.39. The van der Waals surface area contributed by atoms with E-state index in [0.29, 0.717) is 0 Å². The minimum Gasteiger partial charge on any atom is -0.378 e. The molecule has 3 aromatic rings. The number of amides is 2. The Morgan fingerprint density at radius 2 is 1.49 bits per heavy atom. The van der Waals surface area contributed by atoms with Crippen LogP contribution < -0.4 is 15.5 Å². The summed E-state index contributed by atoms with van der Waals surface area (Å²) in [5.74, 6) is -0.337. The molecule has 4 rings (SSSR count). The number of hydrogen-bond acceptors (Lipinski definition) is 6. The first kappa shape index (κ1) is 24.8. The number of nitrogens with zero attached hydrogens (tertiary/aromatic N) is 2. The number of likely N-dealkylation sites (N-methyl/N-ethyl adjacent to an activating group) is 1. The maximum Gasteiger partial charge on any atom is 0.238 e. The van der Waals surface area contributed by atoms with Crippen molar-refractivity contribution in [3.63, 3.8) is 0 Å². The van der Waals surface area contributed by atoms with E-state index < -0.39 is 0 Å². The van der Waals surface area contributed by atoms with Crippen LogP contribution in [0.4, 0.5) is 17.1 Å². The second kappa shape index (κ2) is 12.4. The molecular formula is C27H30N4O3S. The molecule has 1 aliphatic heterocycles. The van der Waals surface area contributed by atoms with E-state index in [1.54, 1.807) is 23.7 Å². The predicted octanol–water partition coefficient (Wildman–Crippen LogP) is 4.18. The van der Waals surface area contributed by atoms with Gasteiger partial charge in [0.1, 0.15) is 0 Å². The molecule has 0 atom stereocenters. The summed E-state index contributed by atoms with van der Waals surface area (Å²) in [6, 6.07) is 25.5. The maximum absolute atomic E-state index is 12.6. The first-order chi connectivity index (χ1) is 17.1. The van der Waals surface area contributed by atoms with Crippen LogP contribution in [0, 0.1) is 0 Å². The highest BCUT2D eigenvalue weighted by molar-refractivity contribution is 7.99. The molecule has 1 heterocycles. The number of hydrogen-bond donors (Lipinski definition) is 2. The predicted molar refractivity (Wildman–Crippen MR) is 141 cm³/mol. The van der Waals surface area contributed by atoms with Crippen molar-refractivity contribution in [2.75, 3.05) is 62.0 Å². The van der Waals surface area contributed by atoms with E-state index in [9.17, 15) is 9.59 Å². The van der Waals surface area contributed by atoms with E-state index in [1.807, 2.05) is 78.9 Å². The van der Waals surface area contributed by atoms with Gasteiger partial charge in [0.25, 0.3) is 0 Å². The number of carbonyl (C=O) groups excluding carboxylic acids is 2. The summed E-state index contributed by atoms with van der Waals surface area (Å²) in [5.41, 5.74) is 2.60. The average Bonchev–Trinajstić information content (AvgIpc) is 2.86.